The zero-order valence-corrected chi connectivity index (χ0v) is 31.8. The molecule has 1 aliphatic heterocycles. The van der Waals surface area contributed by atoms with Crippen molar-refractivity contribution in [3.8, 4) is 16.9 Å². The van der Waals surface area contributed by atoms with Crippen LogP contribution in [0.25, 0.3) is 32.9 Å². The molecular weight excluding hydrogens is 683 g/mol. The van der Waals surface area contributed by atoms with Gasteiger partial charge in [-0.05, 0) is 101 Å². The summed E-state index contributed by atoms with van der Waals surface area (Å²) in [5, 5.41) is 10.9. The van der Waals surface area contributed by atoms with Gasteiger partial charge in [-0.2, -0.15) is 5.10 Å². The Morgan fingerprint density at radius 1 is 1.00 bits per heavy atom. The van der Waals surface area contributed by atoms with E-state index in [1.807, 2.05) is 91.6 Å². The molecule has 3 aromatic heterocycles. The molecule has 0 saturated heterocycles. The number of halogens is 2. The molecule has 1 aliphatic rings. The minimum Gasteiger partial charge on any atom is -0.494 e. The fourth-order valence-electron chi connectivity index (χ4n) is 7.80. The molecule has 0 aliphatic carbocycles. The Bertz CT molecular complexity index is 2380. The third kappa shape index (κ3) is 5.86. The fraction of sp³-hybridized carbons (Fsp3) is 0.325. The molecule has 0 bridgehead atoms. The molecule has 1 atom stereocenters. The molecule has 1 N–H and O–H groups in total. The zero-order chi connectivity index (χ0) is 36.5. The van der Waals surface area contributed by atoms with Crippen LogP contribution >= 0.6 is 23.2 Å². The number of hydrogen-bond acceptors (Lipinski definition) is 4. The average Bonchev–Trinajstić information content (AvgIpc) is 3.67. The Labute approximate surface area is 307 Å². The van der Waals surface area contributed by atoms with E-state index in [1.165, 1.54) is 6.92 Å². The highest BCUT2D eigenvalue weighted by Gasteiger charge is 2.37. The Morgan fingerprint density at radius 3 is 2.39 bits per heavy atom. The largest absolute Gasteiger partial charge is 0.494 e. The number of nitrogens with one attached hydrogen (secondary N) is 1. The minimum absolute atomic E-state index is 0.0803. The number of rotatable bonds is 8. The molecule has 0 fully saturated rings. The van der Waals surface area contributed by atoms with Gasteiger partial charge in [0.05, 0.1) is 34.0 Å². The first-order valence-corrected chi connectivity index (χ1v) is 18.0. The van der Waals surface area contributed by atoms with Gasteiger partial charge in [-0.1, -0.05) is 29.3 Å². The third-order valence-electron chi connectivity index (χ3n) is 10.1. The standard InChI is InChI=1S/C40H42Cl2N6O3/c1-21-16-28(17-22(2)37(21)42)51-15-9-10-29-30-12-13-32(41)36(35-24(4)44-46(8)25(35)5)38(30)48-23(3)19-47(40(50)39(29)48)34-20-45(7)33-14-11-27(18-31(33)34)43-26(6)49/h11-14,16-18,20,23H,9-10,15,19H2,1-8H3,(H,43,49)/t23-/m1/s1. The van der Waals surface area contributed by atoms with Gasteiger partial charge in [0.1, 0.15) is 11.4 Å². The second-order valence-electron chi connectivity index (χ2n) is 13.8. The van der Waals surface area contributed by atoms with E-state index in [4.69, 9.17) is 33.0 Å². The summed E-state index contributed by atoms with van der Waals surface area (Å²) in [5.74, 6) is 0.547. The van der Waals surface area contributed by atoms with Gasteiger partial charge in [-0.15, -0.1) is 0 Å². The number of aryl methyl sites for hydroxylation is 6. The predicted octanol–water partition coefficient (Wildman–Crippen LogP) is 9.27. The van der Waals surface area contributed by atoms with Gasteiger partial charge in [-0.3, -0.25) is 14.3 Å². The first kappa shape index (κ1) is 34.7. The number of hydrogen-bond donors (Lipinski definition) is 1. The summed E-state index contributed by atoms with van der Waals surface area (Å²) in [4.78, 5) is 28.8. The Balaban J connectivity index is 1.37. The quantitative estimate of drug-likeness (QED) is 0.159. The van der Waals surface area contributed by atoms with Gasteiger partial charge in [0, 0.05) is 78.1 Å². The molecule has 0 saturated carbocycles. The number of amides is 2. The summed E-state index contributed by atoms with van der Waals surface area (Å²) in [6, 6.07) is 13.6. The van der Waals surface area contributed by atoms with E-state index in [0.717, 1.165) is 77.5 Å². The van der Waals surface area contributed by atoms with Crippen molar-refractivity contribution in [1.82, 2.24) is 18.9 Å². The number of ether oxygens (including phenoxy) is 1. The van der Waals surface area contributed by atoms with Gasteiger partial charge in [0.15, 0.2) is 0 Å². The lowest BCUT2D eigenvalue weighted by molar-refractivity contribution is -0.114. The smallest absolute Gasteiger partial charge is 0.275 e. The molecule has 51 heavy (non-hydrogen) atoms. The number of anilines is 2. The van der Waals surface area contributed by atoms with Gasteiger partial charge in [-0.25, -0.2) is 0 Å². The van der Waals surface area contributed by atoms with Crippen LogP contribution in [0.2, 0.25) is 10.0 Å². The van der Waals surface area contributed by atoms with Crippen LogP contribution in [0.15, 0.2) is 48.7 Å². The second kappa shape index (κ2) is 13.1. The highest BCUT2D eigenvalue weighted by atomic mass is 35.5. The number of benzene rings is 3. The molecule has 4 heterocycles. The van der Waals surface area contributed by atoms with E-state index in [2.05, 4.69) is 29.8 Å². The molecule has 0 radical (unpaired) electrons. The van der Waals surface area contributed by atoms with Gasteiger partial charge >= 0.3 is 0 Å². The number of fused-ring (bicyclic) bond motifs is 4. The summed E-state index contributed by atoms with van der Waals surface area (Å²) in [6.07, 6.45) is 3.30. The highest BCUT2D eigenvalue weighted by molar-refractivity contribution is 6.35. The third-order valence-corrected chi connectivity index (χ3v) is 11.1. The molecule has 9 nitrogen and oxygen atoms in total. The summed E-state index contributed by atoms with van der Waals surface area (Å²) < 4.78 is 12.3. The Morgan fingerprint density at radius 2 is 1.73 bits per heavy atom. The average molecular weight is 726 g/mol. The highest BCUT2D eigenvalue weighted by Crippen LogP contribution is 2.46. The van der Waals surface area contributed by atoms with E-state index in [0.29, 0.717) is 42.4 Å². The predicted molar refractivity (Wildman–Crippen MR) is 207 cm³/mol. The summed E-state index contributed by atoms with van der Waals surface area (Å²) in [7, 11) is 3.91. The van der Waals surface area contributed by atoms with Crippen molar-refractivity contribution < 1.29 is 14.3 Å². The van der Waals surface area contributed by atoms with Gasteiger partial charge < -0.3 is 24.1 Å². The molecule has 0 unspecified atom stereocenters. The Hall–Kier alpha value is -4.73. The number of carbonyl (C=O) groups excluding carboxylic acids is 2. The van der Waals surface area contributed by atoms with Crippen molar-refractivity contribution in [1.29, 1.82) is 0 Å². The van der Waals surface area contributed by atoms with Crippen molar-refractivity contribution in [2.24, 2.45) is 14.1 Å². The van der Waals surface area contributed by atoms with Crippen molar-refractivity contribution in [2.75, 3.05) is 23.4 Å². The van der Waals surface area contributed by atoms with Crippen LogP contribution in [0.1, 0.15) is 64.9 Å². The van der Waals surface area contributed by atoms with Crippen molar-refractivity contribution in [3.63, 3.8) is 0 Å². The van der Waals surface area contributed by atoms with E-state index in [9.17, 15) is 4.79 Å². The molecular formula is C40H42Cl2N6O3. The van der Waals surface area contributed by atoms with E-state index >= 15 is 4.79 Å². The van der Waals surface area contributed by atoms with Crippen LogP contribution in [-0.2, 0) is 25.3 Å². The molecule has 264 valence electrons. The normalized spacial score (nSPS) is 14.5. The lowest BCUT2D eigenvalue weighted by Gasteiger charge is -2.34. The molecule has 6 aromatic rings. The maximum absolute atomic E-state index is 15.0. The second-order valence-corrected chi connectivity index (χ2v) is 14.6. The van der Waals surface area contributed by atoms with Crippen LogP contribution < -0.4 is 15.0 Å². The molecule has 3 aromatic carbocycles. The fourth-order valence-corrected chi connectivity index (χ4v) is 8.16. The lowest BCUT2D eigenvalue weighted by Crippen LogP contribution is -2.42. The van der Waals surface area contributed by atoms with Crippen molar-refractivity contribution >= 4 is 68.2 Å². The van der Waals surface area contributed by atoms with Crippen LogP contribution in [0.3, 0.4) is 0 Å². The van der Waals surface area contributed by atoms with Crippen LogP contribution in [0, 0.1) is 27.7 Å². The molecule has 11 heteroatoms. The zero-order valence-electron chi connectivity index (χ0n) is 30.2. The number of carbonyl (C=O) groups is 2. The summed E-state index contributed by atoms with van der Waals surface area (Å²) in [5.41, 5.74) is 10.7. The van der Waals surface area contributed by atoms with Gasteiger partial charge in [0.25, 0.3) is 5.91 Å². The van der Waals surface area contributed by atoms with E-state index in [-0.39, 0.29) is 17.9 Å². The molecule has 0 spiro atoms. The van der Waals surface area contributed by atoms with Crippen molar-refractivity contribution in [2.45, 2.75) is 60.4 Å². The maximum atomic E-state index is 15.0. The lowest BCUT2D eigenvalue weighted by atomic mass is 9.98. The summed E-state index contributed by atoms with van der Waals surface area (Å²) >= 11 is 13.5. The maximum Gasteiger partial charge on any atom is 0.275 e. The molecule has 2 amide bonds. The van der Waals surface area contributed by atoms with Crippen LogP contribution in [0.4, 0.5) is 11.4 Å². The molecule has 7 rings (SSSR count). The van der Waals surface area contributed by atoms with Gasteiger partial charge in [0.2, 0.25) is 5.91 Å². The number of nitrogens with zero attached hydrogens (tertiary/aromatic N) is 5. The van der Waals surface area contributed by atoms with Crippen molar-refractivity contribution in [3.05, 3.63) is 92.5 Å². The minimum atomic E-state index is -0.150. The Kier molecular flexibility index (Phi) is 8.92. The van der Waals surface area contributed by atoms with Crippen LogP contribution in [0.5, 0.6) is 5.75 Å². The monoisotopic (exact) mass is 724 g/mol. The SMILES string of the molecule is CC(=O)Nc1ccc2c(c1)c(N1C[C@@H](C)n3c(c(CCCOc4cc(C)c(Cl)c(C)c4)c4ccc(Cl)c(-c5c(C)nn(C)c5C)c43)C1=O)cn2C. The van der Waals surface area contributed by atoms with Crippen LogP contribution in [-0.4, -0.2) is 43.9 Å². The first-order valence-electron chi connectivity index (χ1n) is 17.2. The number of aromatic nitrogens is 4. The topological polar surface area (TPSA) is 86.3 Å². The van der Waals surface area contributed by atoms with E-state index < -0.39 is 0 Å². The summed E-state index contributed by atoms with van der Waals surface area (Å²) in [6.45, 7) is 12.6. The van der Waals surface area contributed by atoms with E-state index in [1.54, 1.807) is 0 Å². The first-order chi connectivity index (χ1) is 24.3.